The summed E-state index contributed by atoms with van der Waals surface area (Å²) in [5.41, 5.74) is 11.4. The molecule has 0 atom stereocenters. The summed E-state index contributed by atoms with van der Waals surface area (Å²) in [6, 6.07) is 35.2. The summed E-state index contributed by atoms with van der Waals surface area (Å²) < 4.78 is 6.17. The maximum absolute atomic E-state index is 6.17. The lowest BCUT2D eigenvalue weighted by Gasteiger charge is -2.06. The molecule has 0 spiro atoms. The minimum absolute atomic E-state index is 0.488. The normalized spacial score (nSPS) is 12.5. The number of aromatic nitrogens is 4. The zero-order valence-electron chi connectivity index (χ0n) is 22.5. The molecule has 8 bridgehead atoms. The van der Waals surface area contributed by atoms with E-state index in [0.717, 1.165) is 67.2 Å². The summed E-state index contributed by atoms with van der Waals surface area (Å²) in [6.07, 6.45) is 11.9. The van der Waals surface area contributed by atoms with Crippen LogP contribution in [-0.2, 0) is 0 Å². The Hall–Kier alpha value is -5.81. The van der Waals surface area contributed by atoms with Crippen molar-refractivity contribution in [1.29, 1.82) is 0 Å². The van der Waals surface area contributed by atoms with Crippen LogP contribution in [0.5, 0.6) is 0 Å². The Balaban J connectivity index is 1.54. The molecule has 0 saturated heterocycles. The first-order valence-corrected chi connectivity index (χ1v) is 13.9. The van der Waals surface area contributed by atoms with Gasteiger partial charge in [0.1, 0.15) is 0 Å². The van der Waals surface area contributed by atoms with Gasteiger partial charge in [-0.2, -0.15) is 0 Å². The van der Waals surface area contributed by atoms with Crippen molar-refractivity contribution >= 4 is 47.5 Å². The van der Waals surface area contributed by atoms with Gasteiger partial charge in [0.2, 0.25) is 11.8 Å². The molecular formula is C37H24N4O. The molecule has 0 radical (unpaired) electrons. The Morgan fingerprint density at radius 3 is 1.26 bits per heavy atom. The van der Waals surface area contributed by atoms with Crippen molar-refractivity contribution in [2.75, 3.05) is 0 Å². The smallest absolute Gasteiger partial charge is 0.221 e. The van der Waals surface area contributed by atoms with E-state index in [2.05, 4.69) is 77.8 Å². The highest BCUT2D eigenvalue weighted by Gasteiger charge is 2.18. The summed E-state index contributed by atoms with van der Waals surface area (Å²) >= 11 is 0. The minimum Gasteiger partial charge on any atom is -0.421 e. The molecule has 2 aromatic heterocycles. The number of H-pyrrole nitrogens is 1. The van der Waals surface area contributed by atoms with Gasteiger partial charge in [-0.15, -0.1) is 0 Å². The predicted molar refractivity (Wildman–Crippen MR) is 171 cm³/mol. The van der Waals surface area contributed by atoms with Crippen molar-refractivity contribution in [3.63, 3.8) is 0 Å². The molecule has 5 aromatic rings. The number of hydrogen-bond donors (Lipinski definition) is 1. The molecule has 42 heavy (non-hydrogen) atoms. The molecule has 0 fully saturated rings. The first kappa shape index (κ1) is 24.0. The van der Waals surface area contributed by atoms with Crippen molar-refractivity contribution in [2.24, 2.45) is 0 Å². The second-order valence-electron chi connectivity index (χ2n) is 10.2. The molecule has 8 rings (SSSR count). The third-order valence-electron chi connectivity index (χ3n) is 7.51. The van der Waals surface area contributed by atoms with Gasteiger partial charge in [-0.25, -0.2) is 15.0 Å². The zero-order valence-corrected chi connectivity index (χ0v) is 22.5. The molecule has 0 aliphatic carbocycles. The SMILES string of the molecule is C1=Cc2nc1oc1nc(c(-c3ccccc3)c3ccc([nH]3)c(-c3ccccc3)c3nc(c2-c2ccccc2)C=C3)C=C1. The van der Waals surface area contributed by atoms with Crippen molar-refractivity contribution in [3.8, 4) is 33.4 Å². The summed E-state index contributed by atoms with van der Waals surface area (Å²) in [5, 5.41) is 0. The molecule has 3 aliphatic heterocycles. The van der Waals surface area contributed by atoms with Gasteiger partial charge in [-0.1, -0.05) is 91.0 Å². The van der Waals surface area contributed by atoms with E-state index in [4.69, 9.17) is 19.4 Å². The fraction of sp³-hybridized carbons (Fsp3) is 0. The highest BCUT2D eigenvalue weighted by atomic mass is 16.4. The first-order chi connectivity index (χ1) is 20.8. The average molecular weight is 541 g/mol. The topological polar surface area (TPSA) is 67.6 Å². The van der Waals surface area contributed by atoms with Crippen LogP contribution in [0.25, 0.3) is 80.9 Å². The number of rotatable bonds is 3. The largest absolute Gasteiger partial charge is 0.421 e. The highest BCUT2D eigenvalue weighted by molar-refractivity contribution is 5.96. The van der Waals surface area contributed by atoms with Gasteiger partial charge in [0, 0.05) is 39.9 Å². The summed E-state index contributed by atoms with van der Waals surface area (Å²) in [6.45, 7) is 0. The number of aromatic amines is 1. The minimum atomic E-state index is 0.488. The van der Waals surface area contributed by atoms with E-state index in [9.17, 15) is 0 Å². The lowest BCUT2D eigenvalue weighted by Crippen LogP contribution is -1.90. The molecule has 5 nitrogen and oxygen atoms in total. The van der Waals surface area contributed by atoms with Crippen LogP contribution in [0.15, 0.2) is 108 Å². The van der Waals surface area contributed by atoms with E-state index in [0.29, 0.717) is 11.8 Å². The molecule has 1 N–H and O–H groups in total. The summed E-state index contributed by atoms with van der Waals surface area (Å²) in [7, 11) is 0. The molecule has 0 saturated carbocycles. The third kappa shape index (κ3) is 4.25. The Morgan fingerprint density at radius 1 is 0.381 bits per heavy atom. The molecule has 5 heterocycles. The maximum atomic E-state index is 6.17. The lowest BCUT2D eigenvalue weighted by atomic mass is 10.0. The van der Waals surface area contributed by atoms with Crippen LogP contribution in [0.4, 0.5) is 0 Å². The van der Waals surface area contributed by atoms with Crippen LogP contribution in [0, 0.1) is 0 Å². The molecule has 5 heteroatoms. The van der Waals surface area contributed by atoms with Crippen LogP contribution in [0.2, 0.25) is 0 Å². The van der Waals surface area contributed by atoms with Crippen LogP contribution in [0.3, 0.4) is 0 Å². The molecular weight excluding hydrogens is 516 g/mol. The van der Waals surface area contributed by atoms with Crippen LogP contribution >= 0.6 is 0 Å². The number of hydrogen-bond acceptors (Lipinski definition) is 4. The fourth-order valence-corrected chi connectivity index (χ4v) is 5.64. The third-order valence-corrected chi connectivity index (χ3v) is 7.51. The van der Waals surface area contributed by atoms with Gasteiger partial charge in [-0.3, -0.25) is 0 Å². The number of nitrogens with one attached hydrogen (secondary N) is 1. The van der Waals surface area contributed by atoms with Crippen molar-refractivity contribution < 1.29 is 4.42 Å². The molecule has 3 aliphatic rings. The van der Waals surface area contributed by atoms with E-state index >= 15 is 0 Å². The predicted octanol–water partition coefficient (Wildman–Crippen LogP) is 9.21. The van der Waals surface area contributed by atoms with Crippen LogP contribution in [-0.4, -0.2) is 19.9 Å². The van der Waals surface area contributed by atoms with Gasteiger partial charge in [-0.05, 0) is 53.1 Å². The van der Waals surface area contributed by atoms with Crippen molar-refractivity contribution in [2.45, 2.75) is 0 Å². The number of fused-ring (bicyclic) bond motifs is 8. The Bertz CT molecular complexity index is 2120. The first-order valence-electron chi connectivity index (χ1n) is 13.9. The summed E-state index contributed by atoms with van der Waals surface area (Å²) in [4.78, 5) is 18.7. The van der Waals surface area contributed by atoms with Gasteiger partial charge < -0.3 is 9.40 Å². The van der Waals surface area contributed by atoms with E-state index in [-0.39, 0.29) is 0 Å². The lowest BCUT2D eigenvalue weighted by molar-refractivity contribution is 0.499. The monoisotopic (exact) mass is 540 g/mol. The van der Waals surface area contributed by atoms with Crippen LogP contribution in [0.1, 0.15) is 34.6 Å². The van der Waals surface area contributed by atoms with E-state index in [1.807, 2.05) is 66.8 Å². The molecule has 0 amide bonds. The van der Waals surface area contributed by atoms with Gasteiger partial charge in [0.25, 0.3) is 0 Å². The molecule has 198 valence electrons. The second kappa shape index (κ2) is 9.98. The maximum Gasteiger partial charge on any atom is 0.221 e. The Kier molecular flexibility index (Phi) is 5.71. The quantitative estimate of drug-likeness (QED) is 0.243. The van der Waals surface area contributed by atoms with E-state index in [1.54, 1.807) is 0 Å². The Labute approximate surface area is 242 Å². The van der Waals surface area contributed by atoms with Crippen LogP contribution < -0.4 is 0 Å². The van der Waals surface area contributed by atoms with E-state index in [1.165, 1.54) is 0 Å². The standard InChI is InChI=1S/C37H24N4O/c1-4-10-24(11-5-1)35-27-16-18-29(38-27)36(25-12-6-2-7-13-25)31-20-22-33(40-31)42-34-23-21-32(41-34)37(26-14-8-3-9-15-26)30-19-17-28(35)39-30/h1-23,38H. The number of nitrogens with zero attached hydrogens (tertiary/aromatic N) is 3. The highest BCUT2D eigenvalue weighted by Crippen LogP contribution is 2.36. The van der Waals surface area contributed by atoms with Crippen molar-refractivity contribution in [3.05, 3.63) is 138 Å². The molecule has 3 aromatic carbocycles. The molecule has 0 unspecified atom stereocenters. The van der Waals surface area contributed by atoms with Crippen molar-refractivity contribution in [1.82, 2.24) is 19.9 Å². The number of benzene rings is 3. The van der Waals surface area contributed by atoms with Gasteiger partial charge >= 0.3 is 0 Å². The summed E-state index contributed by atoms with van der Waals surface area (Å²) in [5.74, 6) is 0.982. The van der Waals surface area contributed by atoms with Gasteiger partial charge in [0.05, 0.1) is 22.8 Å². The van der Waals surface area contributed by atoms with Gasteiger partial charge in [0.15, 0.2) is 0 Å². The second-order valence-corrected chi connectivity index (χ2v) is 10.2. The zero-order chi connectivity index (χ0) is 27.9. The fourth-order valence-electron chi connectivity index (χ4n) is 5.64. The Morgan fingerprint density at radius 2 is 0.762 bits per heavy atom. The van der Waals surface area contributed by atoms with E-state index < -0.39 is 0 Å². The average Bonchev–Trinajstić information content (AvgIpc) is 3.86.